The number of hydrogen-bond donors (Lipinski definition) is 2. The Labute approximate surface area is 109 Å². The molecule has 0 saturated carbocycles. The van der Waals surface area contributed by atoms with E-state index < -0.39 is 0 Å². The second-order valence-electron chi connectivity index (χ2n) is 4.78. The van der Waals surface area contributed by atoms with Gasteiger partial charge in [-0.15, -0.1) is 0 Å². The van der Waals surface area contributed by atoms with Gasteiger partial charge in [0.05, 0.1) is 0 Å². The fraction of sp³-hybridized carbons (Fsp3) is 0.375. The second kappa shape index (κ2) is 6.53. The molecule has 0 spiro atoms. The largest absolute Gasteiger partial charge is 0.271 e. The maximum absolute atomic E-state index is 5.73. The van der Waals surface area contributed by atoms with E-state index in [1.165, 1.54) is 35.6 Å². The summed E-state index contributed by atoms with van der Waals surface area (Å²) in [5.74, 6) is 5.73. The Morgan fingerprint density at radius 3 is 2.61 bits per heavy atom. The van der Waals surface area contributed by atoms with E-state index >= 15 is 0 Å². The molecule has 0 aliphatic heterocycles. The van der Waals surface area contributed by atoms with Crippen LogP contribution in [0.2, 0.25) is 0 Å². The van der Waals surface area contributed by atoms with Gasteiger partial charge in [0, 0.05) is 6.04 Å². The van der Waals surface area contributed by atoms with Gasteiger partial charge >= 0.3 is 0 Å². The van der Waals surface area contributed by atoms with Crippen molar-refractivity contribution in [1.82, 2.24) is 5.43 Å². The number of benzene rings is 2. The van der Waals surface area contributed by atoms with Crippen molar-refractivity contribution in [1.29, 1.82) is 0 Å². The molecule has 0 fully saturated rings. The molecular formula is C16H22N2. The second-order valence-corrected chi connectivity index (χ2v) is 4.78. The average Bonchev–Trinajstić information content (AvgIpc) is 2.43. The lowest BCUT2D eigenvalue weighted by Gasteiger charge is -2.18. The lowest BCUT2D eigenvalue weighted by atomic mass is 9.95. The molecule has 2 nitrogen and oxygen atoms in total. The summed E-state index contributed by atoms with van der Waals surface area (Å²) in [6.45, 7) is 2.22. The van der Waals surface area contributed by atoms with Gasteiger partial charge in [-0.2, -0.15) is 0 Å². The molecule has 2 aromatic rings. The summed E-state index contributed by atoms with van der Waals surface area (Å²) in [4.78, 5) is 0. The topological polar surface area (TPSA) is 38.0 Å². The number of hydrogen-bond acceptors (Lipinski definition) is 2. The average molecular weight is 242 g/mol. The number of hydrazine groups is 1. The van der Waals surface area contributed by atoms with E-state index in [-0.39, 0.29) is 6.04 Å². The molecule has 1 atom stereocenters. The lowest BCUT2D eigenvalue weighted by Crippen LogP contribution is -2.28. The number of fused-ring (bicyclic) bond motifs is 1. The van der Waals surface area contributed by atoms with Crippen molar-refractivity contribution in [3.05, 3.63) is 48.0 Å². The van der Waals surface area contributed by atoms with Crippen LogP contribution in [0.25, 0.3) is 10.8 Å². The van der Waals surface area contributed by atoms with Gasteiger partial charge in [-0.3, -0.25) is 11.3 Å². The number of nitrogens with one attached hydrogen (secondary N) is 1. The van der Waals surface area contributed by atoms with Crippen molar-refractivity contribution in [2.24, 2.45) is 5.84 Å². The number of unbranched alkanes of at least 4 members (excludes halogenated alkanes) is 2. The van der Waals surface area contributed by atoms with E-state index in [4.69, 9.17) is 5.84 Å². The van der Waals surface area contributed by atoms with Crippen molar-refractivity contribution in [3.63, 3.8) is 0 Å². The van der Waals surface area contributed by atoms with E-state index in [0.717, 1.165) is 6.42 Å². The van der Waals surface area contributed by atoms with E-state index in [1.807, 2.05) is 0 Å². The lowest BCUT2D eigenvalue weighted by molar-refractivity contribution is 0.489. The van der Waals surface area contributed by atoms with Crippen LogP contribution in [-0.2, 0) is 0 Å². The zero-order valence-corrected chi connectivity index (χ0v) is 11.0. The molecule has 0 heterocycles. The minimum atomic E-state index is 0.252. The van der Waals surface area contributed by atoms with Crippen LogP contribution in [0.3, 0.4) is 0 Å². The number of nitrogens with two attached hydrogens (primary N) is 1. The number of rotatable bonds is 6. The summed E-state index contributed by atoms with van der Waals surface area (Å²) in [7, 11) is 0. The molecule has 0 aromatic heterocycles. The maximum Gasteiger partial charge on any atom is 0.0466 e. The van der Waals surface area contributed by atoms with Crippen molar-refractivity contribution < 1.29 is 0 Å². The smallest absolute Gasteiger partial charge is 0.0466 e. The van der Waals surface area contributed by atoms with Crippen LogP contribution in [0, 0.1) is 0 Å². The molecule has 0 aliphatic carbocycles. The molecule has 2 heteroatoms. The standard InChI is InChI=1S/C16H22N2/c1-2-3-4-12-16(18-17)15-11-7-9-13-8-5-6-10-14(13)15/h5-11,16,18H,2-4,12,17H2,1H3. The Balaban J connectivity index is 2.27. The molecule has 0 bridgehead atoms. The highest BCUT2D eigenvalue weighted by Crippen LogP contribution is 2.27. The van der Waals surface area contributed by atoms with Crippen LogP contribution in [0.4, 0.5) is 0 Å². The van der Waals surface area contributed by atoms with E-state index in [2.05, 4.69) is 54.8 Å². The first-order chi connectivity index (χ1) is 8.86. The van der Waals surface area contributed by atoms with Crippen LogP contribution in [-0.4, -0.2) is 0 Å². The normalized spacial score (nSPS) is 12.8. The van der Waals surface area contributed by atoms with Gasteiger partial charge < -0.3 is 0 Å². The zero-order chi connectivity index (χ0) is 12.8. The minimum Gasteiger partial charge on any atom is -0.271 e. The highest BCUT2D eigenvalue weighted by Gasteiger charge is 2.11. The fourth-order valence-corrected chi connectivity index (χ4v) is 2.48. The van der Waals surface area contributed by atoms with Crippen LogP contribution < -0.4 is 11.3 Å². The molecular weight excluding hydrogens is 220 g/mol. The monoisotopic (exact) mass is 242 g/mol. The summed E-state index contributed by atoms with van der Waals surface area (Å²) in [5, 5.41) is 2.59. The Bertz CT molecular complexity index is 488. The molecule has 3 N–H and O–H groups in total. The van der Waals surface area contributed by atoms with Crippen LogP contribution >= 0.6 is 0 Å². The van der Waals surface area contributed by atoms with Gasteiger partial charge in [-0.05, 0) is 22.8 Å². The van der Waals surface area contributed by atoms with Crippen molar-refractivity contribution >= 4 is 10.8 Å². The molecule has 0 radical (unpaired) electrons. The zero-order valence-electron chi connectivity index (χ0n) is 11.0. The predicted octanol–water partition coefficient (Wildman–Crippen LogP) is 3.92. The third-order valence-corrected chi connectivity index (χ3v) is 3.50. The molecule has 18 heavy (non-hydrogen) atoms. The minimum absolute atomic E-state index is 0.252. The summed E-state index contributed by atoms with van der Waals surface area (Å²) in [5.41, 5.74) is 4.28. The van der Waals surface area contributed by atoms with Gasteiger partial charge in [0.25, 0.3) is 0 Å². The van der Waals surface area contributed by atoms with Gasteiger partial charge in [-0.25, -0.2) is 0 Å². The van der Waals surface area contributed by atoms with Crippen molar-refractivity contribution in [2.45, 2.75) is 38.6 Å². The maximum atomic E-state index is 5.73. The SMILES string of the molecule is CCCCCC(NN)c1cccc2ccccc12. The molecule has 0 aliphatic rings. The Kier molecular flexibility index (Phi) is 4.73. The molecule has 0 saturated heterocycles. The van der Waals surface area contributed by atoms with Crippen LogP contribution in [0.1, 0.15) is 44.2 Å². The van der Waals surface area contributed by atoms with Crippen molar-refractivity contribution in [3.8, 4) is 0 Å². The molecule has 1 unspecified atom stereocenters. The Morgan fingerprint density at radius 2 is 1.83 bits per heavy atom. The summed E-state index contributed by atoms with van der Waals surface area (Å²) >= 11 is 0. The van der Waals surface area contributed by atoms with Gasteiger partial charge in [0.15, 0.2) is 0 Å². The Hall–Kier alpha value is -1.38. The molecule has 0 amide bonds. The quantitative estimate of drug-likeness (QED) is 0.457. The Morgan fingerprint density at radius 1 is 1.06 bits per heavy atom. The van der Waals surface area contributed by atoms with E-state index in [1.54, 1.807) is 0 Å². The summed E-state index contributed by atoms with van der Waals surface area (Å²) in [6, 6.07) is 15.2. The highest BCUT2D eigenvalue weighted by molar-refractivity contribution is 5.86. The molecule has 2 aromatic carbocycles. The molecule has 2 rings (SSSR count). The first-order valence-electron chi connectivity index (χ1n) is 6.80. The summed E-state index contributed by atoms with van der Waals surface area (Å²) in [6.07, 6.45) is 4.82. The third-order valence-electron chi connectivity index (χ3n) is 3.50. The third kappa shape index (κ3) is 2.89. The van der Waals surface area contributed by atoms with Gasteiger partial charge in [0.2, 0.25) is 0 Å². The van der Waals surface area contributed by atoms with Gasteiger partial charge in [0.1, 0.15) is 0 Å². The van der Waals surface area contributed by atoms with Crippen LogP contribution in [0.15, 0.2) is 42.5 Å². The van der Waals surface area contributed by atoms with E-state index in [9.17, 15) is 0 Å². The highest BCUT2D eigenvalue weighted by atomic mass is 15.2. The van der Waals surface area contributed by atoms with E-state index in [0.29, 0.717) is 0 Å². The van der Waals surface area contributed by atoms with Gasteiger partial charge in [-0.1, -0.05) is 68.7 Å². The predicted molar refractivity (Wildman–Crippen MR) is 78.2 cm³/mol. The van der Waals surface area contributed by atoms with Crippen molar-refractivity contribution in [2.75, 3.05) is 0 Å². The van der Waals surface area contributed by atoms with Crippen LogP contribution in [0.5, 0.6) is 0 Å². The summed E-state index contributed by atoms with van der Waals surface area (Å²) < 4.78 is 0. The first-order valence-corrected chi connectivity index (χ1v) is 6.80. The molecule has 96 valence electrons. The fourth-order valence-electron chi connectivity index (χ4n) is 2.48. The first kappa shape index (κ1) is 13.1.